The summed E-state index contributed by atoms with van der Waals surface area (Å²) in [5, 5.41) is 9.40. The average Bonchev–Trinajstić information content (AvgIpc) is 2.63. The zero-order chi connectivity index (χ0) is 18.5. The third-order valence-corrected chi connectivity index (χ3v) is 3.89. The van der Waals surface area contributed by atoms with Gasteiger partial charge in [0.1, 0.15) is 5.75 Å². The normalized spacial score (nSPS) is 11.5. The Bertz CT molecular complexity index is 1030. The predicted octanol–water partition coefficient (Wildman–Crippen LogP) is 3.51. The van der Waals surface area contributed by atoms with Crippen molar-refractivity contribution >= 4 is 39.6 Å². The van der Waals surface area contributed by atoms with Gasteiger partial charge >= 0.3 is 5.97 Å². The number of hydrogen-bond donors (Lipinski definition) is 2. The van der Waals surface area contributed by atoms with Crippen molar-refractivity contribution < 1.29 is 14.6 Å². The van der Waals surface area contributed by atoms with Crippen LogP contribution in [0, 0.1) is 0 Å². The fourth-order valence-electron chi connectivity index (χ4n) is 2.33. The first-order valence-electron chi connectivity index (χ1n) is 7.84. The van der Waals surface area contributed by atoms with E-state index in [1.54, 1.807) is 54.6 Å². The van der Waals surface area contributed by atoms with E-state index in [1.165, 1.54) is 0 Å². The van der Waals surface area contributed by atoms with Gasteiger partial charge in [-0.1, -0.05) is 35.9 Å². The largest absolute Gasteiger partial charge is 0.493 e. The minimum Gasteiger partial charge on any atom is -0.493 e. The van der Waals surface area contributed by atoms with Gasteiger partial charge in [-0.05, 0) is 35.9 Å². The van der Waals surface area contributed by atoms with Gasteiger partial charge in [0.05, 0.1) is 29.0 Å². The molecule has 3 rings (SSSR count). The summed E-state index contributed by atoms with van der Waals surface area (Å²) in [6.07, 6.45) is 1.62. The van der Waals surface area contributed by atoms with E-state index in [-0.39, 0.29) is 24.4 Å². The van der Waals surface area contributed by atoms with Crippen LogP contribution < -0.4 is 10.3 Å². The number of nitrogens with one attached hydrogen (secondary N) is 1. The molecule has 0 amide bonds. The zero-order valence-corrected chi connectivity index (χ0v) is 14.4. The van der Waals surface area contributed by atoms with Gasteiger partial charge in [0, 0.05) is 0 Å². The van der Waals surface area contributed by atoms with Gasteiger partial charge in [0.2, 0.25) is 0 Å². The fourth-order valence-corrected chi connectivity index (χ4v) is 2.55. The number of halogens is 1. The summed E-state index contributed by atoms with van der Waals surface area (Å²) >= 11 is 6.30. The van der Waals surface area contributed by atoms with Crippen LogP contribution in [0.2, 0.25) is 0 Å². The summed E-state index contributed by atoms with van der Waals surface area (Å²) < 4.78 is 5.33. The zero-order valence-electron chi connectivity index (χ0n) is 13.6. The number of aromatic amines is 1. The van der Waals surface area contributed by atoms with E-state index in [0.717, 1.165) is 5.56 Å². The minimum absolute atomic E-state index is 0.0610. The van der Waals surface area contributed by atoms with Crippen LogP contribution in [0.1, 0.15) is 17.8 Å². The molecule has 6 nitrogen and oxygen atoms in total. The molecule has 132 valence electrons. The topological polar surface area (TPSA) is 92.3 Å². The van der Waals surface area contributed by atoms with E-state index in [1.807, 2.05) is 0 Å². The standard InChI is InChI=1S/C19H15ClN2O4/c20-15(18-21-16-4-2-1-3-14(16)19(25)22-18)11-12-5-7-13(8-6-12)26-10-9-17(23)24/h1-8,11H,9-10H2,(H,23,24)(H,21,22,25)/b15-11+. The van der Waals surface area contributed by atoms with Gasteiger partial charge in [0.25, 0.3) is 5.56 Å². The molecule has 3 aromatic rings. The second kappa shape index (κ2) is 7.84. The number of ether oxygens (including phenoxy) is 1. The van der Waals surface area contributed by atoms with Gasteiger partial charge < -0.3 is 14.8 Å². The van der Waals surface area contributed by atoms with Crippen molar-refractivity contribution in [2.45, 2.75) is 6.42 Å². The lowest BCUT2D eigenvalue weighted by atomic mass is 10.2. The molecule has 2 N–H and O–H groups in total. The molecule has 0 saturated heterocycles. The molecular formula is C19H15ClN2O4. The maximum absolute atomic E-state index is 12.1. The van der Waals surface area contributed by atoms with Crippen LogP contribution in [-0.2, 0) is 4.79 Å². The van der Waals surface area contributed by atoms with E-state index in [0.29, 0.717) is 21.7 Å². The molecule has 0 fully saturated rings. The van der Waals surface area contributed by atoms with Gasteiger partial charge in [-0.3, -0.25) is 9.59 Å². The number of carboxylic acid groups (broad SMARTS) is 1. The monoisotopic (exact) mass is 370 g/mol. The van der Waals surface area contributed by atoms with Crippen molar-refractivity contribution in [3.63, 3.8) is 0 Å². The van der Waals surface area contributed by atoms with E-state index in [4.69, 9.17) is 21.4 Å². The molecule has 0 aliphatic carbocycles. The first-order valence-corrected chi connectivity index (χ1v) is 8.22. The molecule has 0 aliphatic rings. The second-order valence-electron chi connectivity index (χ2n) is 5.49. The Balaban J connectivity index is 1.79. The highest BCUT2D eigenvalue weighted by Gasteiger charge is 2.06. The predicted molar refractivity (Wildman–Crippen MR) is 100 cm³/mol. The average molecular weight is 371 g/mol. The molecule has 0 unspecified atom stereocenters. The minimum atomic E-state index is -0.909. The number of para-hydroxylation sites is 1. The number of nitrogens with zero attached hydrogens (tertiary/aromatic N) is 1. The number of rotatable bonds is 6. The number of carbonyl (C=O) groups is 1. The number of fused-ring (bicyclic) bond motifs is 1. The lowest BCUT2D eigenvalue weighted by Crippen LogP contribution is -2.10. The summed E-state index contributed by atoms with van der Waals surface area (Å²) in [6.45, 7) is 0.105. The smallest absolute Gasteiger partial charge is 0.306 e. The Hall–Kier alpha value is -3.12. The number of aliphatic carboxylic acids is 1. The number of benzene rings is 2. The molecule has 1 aromatic heterocycles. The van der Waals surface area contributed by atoms with Crippen LogP contribution in [0.3, 0.4) is 0 Å². The third-order valence-electron chi connectivity index (χ3n) is 3.60. The van der Waals surface area contributed by atoms with Crippen molar-refractivity contribution in [3.05, 3.63) is 70.3 Å². The quantitative estimate of drug-likeness (QED) is 0.692. The van der Waals surface area contributed by atoms with E-state index >= 15 is 0 Å². The summed E-state index contributed by atoms with van der Waals surface area (Å²) in [7, 11) is 0. The molecule has 0 spiro atoms. The molecule has 1 heterocycles. The van der Waals surface area contributed by atoms with Crippen LogP contribution in [0.25, 0.3) is 22.0 Å². The maximum Gasteiger partial charge on any atom is 0.306 e. The summed E-state index contributed by atoms with van der Waals surface area (Å²) in [6, 6.07) is 14.0. The summed E-state index contributed by atoms with van der Waals surface area (Å²) in [5.41, 5.74) is 1.11. The third kappa shape index (κ3) is 4.29. The van der Waals surface area contributed by atoms with Crippen molar-refractivity contribution in [2.24, 2.45) is 0 Å². The second-order valence-corrected chi connectivity index (χ2v) is 5.89. The van der Waals surface area contributed by atoms with Gasteiger partial charge in [0.15, 0.2) is 5.82 Å². The fraction of sp³-hybridized carbons (Fsp3) is 0.105. The Morgan fingerprint density at radius 3 is 2.65 bits per heavy atom. The number of aromatic nitrogens is 2. The van der Waals surface area contributed by atoms with Gasteiger partial charge in [-0.15, -0.1) is 0 Å². The molecule has 2 aromatic carbocycles. The highest BCUT2D eigenvalue weighted by atomic mass is 35.5. The van der Waals surface area contributed by atoms with Crippen molar-refractivity contribution in [2.75, 3.05) is 6.61 Å². The van der Waals surface area contributed by atoms with E-state index in [2.05, 4.69) is 9.97 Å². The first-order chi connectivity index (χ1) is 12.5. The molecule has 0 aliphatic heterocycles. The van der Waals surface area contributed by atoms with Gasteiger partial charge in [-0.25, -0.2) is 4.98 Å². The molecule has 0 bridgehead atoms. The lowest BCUT2D eigenvalue weighted by molar-refractivity contribution is -0.137. The van der Waals surface area contributed by atoms with Crippen LogP contribution in [0.15, 0.2) is 53.3 Å². The summed E-state index contributed by atoms with van der Waals surface area (Å²) in [4.78, 5) is 29.6. The SMILES string of the molecule is O=C(O)CCOc1ccc(/C=C(/Cl)c2nc3ccccc3c(=O)[nH]2)cc1. The molecular weight excluding hydrogens is 356 g/mol. The molecule has 26 heavy (non-hydrogen) atoms. The highest BCUT2D eigenvalue weighted by Crippen LogP contribution is 2.21. The van der Waals surface area contributed by atoms with Crippen LogP contribution in [-0.4, -0.2) is 27.7 Å². The van der Waals surface area contributed by atoms with Crippen molar-refractivity contribution in [1.82, 2.24) is 9.97 Å². The van der Waals surface area contributed by atoms with Crippen LogP contribution in [0.4, 0.5) is 0 Å². The number of carboxylic acids is 1. The molecule has 0 radical (unpaired) electrons. The maximum atomic E-state index is 12.1. The Kier molecular flexibility index (Phi) is 5.34. The lowest BCUT2D eigenvalue weighted by Gasteiger charge is -2.05. The molecule has 0 atom stereocenters. The number of H-pyrrole nitrogens is 1. The summed E-state index contributed by atoms with van der Waals surface area (Å²) in [5.74, 6) is -0.0536. The Morgan fingerprint density at radius 1 is 1.19 bits per heavy atom. The molecule has 7 heteroatoms. The molecule has 0 saturated carbocycles. The van der Waals surface area contributed by atoms with Crippen LogP contribution in [0.5, 0.6) is 5.75 Å². The first kappa shape index (κ1) is 17.7. The van der Waals surface area contributed by atoms with Crippen molar-refractivity contribution in [3.8, 4) is 5.75 Å². The van der Waals surface area contributed by atoms with Crippen LogP contribution >= 0.6 is 11.6 Å². The van der Waals surface area contributed by atoms with E-state index in [9.17, 15) is 9.59 Å². The Labute approximate surface area is 153 Å². The Morgan fingerprint density at radius 2 is 1.92 bits per heavy atom. The highest BCUT2D eigenvalue weighted by molar-refractivity contribution is 6.50. The van der Waals surface area contributed by atoms with Crippen molar-refractivity contribution in [1.29, 1.82) is 0 Å². The van der Waals surface area contributed by atoms with E-state index < -0.39 is 5.97 Å². The van der Waals surface area contributed by atoms with Gasteiger partial charge in [-0.2, -0.15) is 0 Å². The number of hydrogen-bond acceptors (Lipinski definition) is 4.